The van der Waals surface area contributed by atoms with E-state index in [1.807, 2.05) is 0 Å². The lowest BCUT2D eigenvalue weighted by Crippen LogP contribution is -2.29. The van der Waals surface area contributed by atoms with Crippen LogP contribution in [0.25, 0.3) is 0 Å². The molecule has 1 aromatic heterocycles. The topological polar surface area (TPSA) is 88.5 Å². The van der Waals surface area contributed by atoms with Crippen LogP contribution in [0.2, 0.25) is 0 Å². The van der Waals surface area contributed by atoms with E-state index >= 15 is 0 Å². The fourth-order valence-electron chi connectivity index (χ4n) is 1.70. The van der Waals surface area contributed by atoms with Gasteiger partial charge in [0, 0.05) is 6.54 Å². The van der Waals surface area contributed by atoms with Crippen LogP contribution in [-0.2, 0) is 6.54 Å². The summed E-state index contributed by atoms with van der Waals surface area (Å²) in [5, 5.41) is 23.2. The zero-order valence-corrected chi connectivity index (χ0v) is 11.0. The van der Waals surface area contributed by atoms with Crippen molar-refractivity contribution >= 4 is 5.88 Å². The second kappa shape index (κ2) is 5.97. The summed E-state index contributed by atoms with van der Waals surface area (Å²) in [6, 6.07) is 2.88. The maximum atomic E-state index is 10.4. The van der Waals surface area contributed by atoms with Crippen LogP contribution in [0.5, 0.6) is 0 Å². The Morgan fingerprint density at radius 1 is 1.50 bits per heavy atom. The number of nitrogens with one attached hydrogen (secondary N) is 1. The molecule has 18 heavy (non-hydrogen) atoms. The Bertz CT molecular complexity index is 395. The molecule has 1 aromatic rings. The fraction of sp³-hybridized carbons (Fsp3) is 0.667. The van der Waals surface area contributed by atoms with Gasteiger partial charge in [0.05, 0.1) is 18.7 Å². The first-order valence-electron chi connectivity index (χ1n) is 5.90. The van der Waals surface area contributed by atoms with Crippen LogP contribution in [0.1, 0.15) is 33.0 Å². The number of hydrogen-bond donors (Lipinski definition) is 2. The zero-order valence-electron chi connectivity index (χ0n) is 11.0. The van der Waals surface area contributed by atoms with Gasteiger partial charge >= 0.3 is 5.88 Å². The lowest BCUT2D eigenvalue weighted by molar-refractivity contribution is -0.402. The van der Waals surface area contributed by atoms with E-state index in [1.165, 1.54) is 6.07 Å². The monoisotopic (exact) mass is 256 g/mol. The standard InChI is InChI=1S/C12H20N2O4/c1-12(2,3)6-9(15)7-13-8-10-4-5-11(18-10)14(16)17/h4-5,9,13,15H,6-8H2,1-3H3. The Morgan fingerprint density at radius 3 is 2.67 bits per heavy atom. The number of nitrogens with zero attached hydrogens (tertiary/aromatic N) is 1. The number of nitro groups is 1. The lowest BCUT2D eigenvalue weighted by atomic mass is 9.89. The van der Waals surface area contributed by atoms with Crippen molar-refractivity contribution in [2.24, 2.45) is 5.41 Å². The van der Waals surface area contributed by atoms with E-state index in [-0.39, 0.29) is 11.3 Å². The van der Waals surface area contributed by atoms with Gasteiger partial charge in [0.2, 0.25) is 0 Å². The summed E-state index contributed by atoms with van der Waals surface area (Å²) in [5.74, 6) is 0.228. The molecule has 0 amide bonds. The van der Waals surface area contributed by atoms with Crippen molar-refractivity contribution in [1.82, 2.24) is 5.32 Å². The SMILES string of the molecule is CC(C)(C)CC(O)CNCc1ccc([N+](=O)[O-])o1. The van der Waals surface area contributed by atoms with Gasteiger partial charge in [-0.3, -0.25) is 10.1 Å². The maximum absolute atomic E-state index is 10.4. The minimum absolute atomic E-state index is 0.0740. The van der Waals surface area contributed by atoms with Crippen molar-refractivity contribution in [2.45, 2.75) is 39.8 Å². The number of furan rings is 1. The molecule has 0 spiro atoms. The van der Waals surface area contributed by atoms with E-state index in [0.717, 1.165) is 0 Å². The highest BCUT2D eigenvalue weighted by molar-refractivity contribution is 5.17. The molecule has 0 saturated heterocycles. The molecule has 0 bridgehead atoms. The molecular formula is C12H20N2O4. The number of rotatable bonds is 6. The van der Waals surface area contributed by atoms with E-state index < -0.39 is 11.0 Å². The van der Waals surface area contributed by atoms with Gasteiger partial charge in [-0.15, -0.1) is 0 Å². The van der Waals surface area contributed by atoms with Gasteiger partial charge in [-0.1, -0.05) is 20.8 Å². The van der Waals surface area contributed by atoms with Crippen LogP contribution in [-0.4, -0.2) is 22.7 Å². The molecule has 1 unspecified atom stereocenters. The molecule has 1 heterocycles. The maximum Gasteiger partial charge on any atom is 0.433 e. The van der Waals surface area contributed by atoms with Crippen LogP contribution < -0.4 is 5.32 Å². The average Bonchev–Trinajstić information content (AvgIpc) is 2.63. The Hall–Kier alpha value is -1.40. The first-order valence-corrected chi connectivity index (χ1v) is 5.90. The van der Waals surface area contributed by atoms with Gasteiger partial charge in [0.15, 0.2) is 0 Å². The molecule has 6 heteroatoms. The second-order valence-corrected chi connectivity index (χ2v) is 5.55. The van der Waals surface area contributed by atoms with E-state index in [9.17, 15) is 15.2 Å². The van der Waals surface area contributed by atoms with Gasteiger partial charge in [-0.25, -0.2) is 0 Å². The van der Waals surface area contributed by atoms with Gasteiger partial charge < -0.3 is 14.8 Å². The molecule has 102 valence electrons. The Labute approximate surface area is 106 Å². The summed E-state index contributed by atoms with van der Waals surface area (Å²) in [4.78, 5) is 9.83. The van der Waals surface area contributed by atoms with Crippen molar-refractivity contribution in [1.29, 1.82) is 0 Å². The number of hydrogen-bond acceptors (Lipinski definition) is 5. The third kappa shape index (κ3) is 5.29. The zero-order chi connectivity index (χ0) is 13.8. The molecule has 2 N–H and O–H groups in total. The highest BCUT2D eigenvalue weighted by Gasteiger charge is 2.16. The molecule has 6 nitrogen and oxygen atoms in total. The van der Waals surface area contributed by atoms with Crippen LogP contribution in [0.3, 0.4) is 0 Å². The Kier molecular flexibility index (Phi) is 4.86. The molecule has 0 aromatic carbocycles. The lowest BCUT2D eigenvalue weighted by Gasteiger charge is -2.22. The summed E-state index contributed by atoms with van der Waals surface area (Å²) in [6.07, 6.45) is 0.258. The van der Waals surface area contributed by atoms with Crippen molar-refractivity contribution in [3.63, 3.8) is 0 Å². The van der Waals surface area contributed by atoms with Crippen LogP contribution in [0.4, 0.5) is 5.88 Å². The summed E-state index contributed by atoms with van der Waals surface area (Å²) in [6.45, 7) is 6.99. The summed E-state index contributed by atoms with van der Waals surface area (Å²) in [7, 11) is 0. The van der Waals surface area contributed by atoms with Crippen LogP contribution >= 0.6 is 0 Å². The van der Waals surface area contributed by atoms with Crippen LogP contribution in [0.15, 0.2) is 16.5 Å². The fourth-order valence-corrected chi connectivity index (χ4v) is 1.70. The first-order chi connectivity index (χ1) is 8.28. The Morgan fingerprint density at radius 2 is 2.17 bits per heavy atom. The van der Waals surface area contributed by atoms with Gasteiger partial charge in [-0.05, 0) is 17.9 Å². The Balaban J connectivity index is 2.31. The summed E-state index contributed by atoms with van der Waals surface area (Å²) in [5.41, 5.74) is 0.0740. The molecule has 0 aliphatic heterocycles. The third-order valence-corrected chi connectivity index (χ3v) is 2.35. The predicted molar refractivity (Wildman–Crippen MR) is 67.1 cm³/mol. The van der Waals surface area contributed by atoms with Crippen molar-refractivity contribution < 1.29 is 14.4 Å². The number of aliphatic hydroxyl groups is 1. The molecule has 0 saturated carbocycles. The van der Waals surface area contributed by atoms with Crippen molar-refractivity contribution in [3.8, 4) is 0 Å². The molecule has 0 aliphatic rings. The normalized spacial score (nSPS) is 13.6. The highest BCUT2D eigenvalue weighted by atomic mass is 16.6. The van der Waals surface area contributed by atoms with Crippen molar-refractivity contribution in [3.05, 3.63) is 28.0 Å². The molecule has 0 fully saturated rings. The van der Waals surface area contributed by atoms with Crippen LogP contribution in [0, 0.1) is 15.5 Å². The van der Waals surface area contributed by atoms with Crippen molar-refractivity contribution in [2.75, 3.05) is 6.54 Å². The smallest absolute Gasteiger partial charge is 0.404 e. The summed E-state index contributed by atoms with van der Waals surface area (Å²) < 4.78 is 4.98. The molecule has 1 atom stereocenters. The van der Waals surface area contributed by atoms with E-state index in [0.29, 0.717) is 25.3 Å². The second-order valence-electron chi connectivity index (χ2n) is 5.55. The predicted octanol–water partition coefficient (Wildman–Crippen LogP) is 2.07. The average molecular weight is 256 g/mol. The molecule has 1 rings (SSSR count). The van der Waals surface area contributed by atoms with Gasteiger partial charge in [-0.2, -0.15) is 0 Å². The molecule has 0 radical (unpaired) electrons. The minimum atomic E-state index is -0.571. The molecule has 0 aliphatic carbocycles. The largest absolute Gasteiger partial charge is 0.433 e. The summed E-state index contributed by atoms with van der Waals surface area (Å²) >= 11 is 0. The van der Waals surface area contributed by atoms with E-state index in [4.69, 9.17) is 4.42 Å². The quantitative estimate of drug-likeness (QED) is 0.601. The van der Waals surface area contributed by atoms with Gasteiger partial charge in [0.25, 0.3) is 0 Å². The van der Waals surface area contributed by atoms with E-state index in [2.05, 4.69) is 26.1 Å². The van der Waals surface area contributed by atoms with E-state index in [1.54, 1.807) is 6.07 Å². The molecular weight excluding hydrogens is 236 g/mol. The minimum Gasteiger partial charge on any atom is -0.404 e. The number of aliphatic hydroxyl groups excluding tert-OH is 1. The first kappa shape index (κ1) is 14.7. The highest BCUT2D eigenvalue weighted by Crippen LogP contribution is 2.20. The third-order valence-electron chi connectivity index (χ3n) is 2.35. The van der Waals surface area contributed by atoms with Gasteiger partial charge in [0.1, 0.15) is 10.7 Å².